The zero-order valence-corrected chi connectivity index (χ0v) is 17.3. The van der Waals surface area contributed by atoms with Gasteiger partial charge in [0.2, 0.25) is 0 Å². The van der Waals surface area contributed by atoms with Crippen LogP contribution in [0.5, 0.6) is 0 Å². The first-order chi connectivity index (χ1) is 15.3. The van der Waals surface area contributed by atoms with Crippen molar-refractivity contribution in [2.24, 2.45) is 0 Å². The summed E-state index contributed by atoms with van der Waals surface area (Å²) in [5.74, 6) is -2.53. The van der Waals surface area contributed by atoms with Crippen LogP contribution in [0.15, 0.2) is 24.4 Å². The largest absolute Gasteiger partial charge is 0.352 e. The maximum atomic E-state index is 14.0. The van der Waals surface area contributed by atoms with Gasteiger partial charge in [0.15, 0.2) is 30.9 Å². The highest BCUT2D eigenvalue weighted by Gasteiger charge is 2.23. The lowest BCUT2D eigenvalue weighted by molar-refractivity contribution is 0.498. The molecule has 1 aliphatic heterocycles. The van der Waals surface area contributed by atoms with Gasteiger partial charge in [0.1, 0.15) is 5.82 Å². The monoisotopic (exact) mass is 435 g/mol. The summed E-state index contributed by atoms with van der Waals surface area (Å²) in [6.07, 6.45) is 2.20. The predicted molar refractivity (Wildman–Crippen MR) is 114 cm³/mol. The molecular weight excluding hydrogens is 418 g/mol. The minimum absolute atomic E-state index is 0.208. The number of pyridine rings is 1. The predicted octanol–water partition coefficient (Wildman–Crippen LogP) is 2.65. The third-order valence-corrected chi connectivity index (χ3v) is 5.70. The van der Waals surface area contributed by atoms with Crippen LogP contribution in [-0.2, 0) is 13.0 Å². The van der Waals surface area contributed by atoms with Crippen LogP contribution in [0.2, 0.25) is 0 Å². The van der Waals surface area contributed by atoms with Crippen molar-refractivity contribution in [3.63, 3.8) is 0 Å². The number of hydrogen-bond donors (Lipinski definition) is 1. The van der Waals surface area contributed by atoms with Gasteiger partial charge in [-0.05, 0) is 25.5 Å². The van der Waals surface area contributed by atoms with Crippen LogP contribution >= 0.6 is 0 Å². The molecule has 0 unspecified atom stereocenters. The zero-order chi connectivity index (χ0) is 22.6. The summed E-state index contributed by atoms with van der Waals surface area (Å²) >= 11 is 0. The van der Waals surface area contributed by atoms with E-state index in [0.29, 0.717) is 36.9 Å². The van der Waals surface area contributed by atoms with Crippen molar-refractivity contribution in [3.8, 4) is 0 Å². The normalized spacial score (nSPS) is 13.5. The lowest BCUT2D eigenvalue weighted by Crippen LogP contribution is -2.33. The summed E-state index contributed by atoms with van der Waals surface area (Å²) in [6.45, 7) is 5.10. The fourth-order valence-electron chi connectivity index (χ4n) is 3.91. The average molecular weight is 435 g/mol. The fourth-order valence-corrected chi connectivity index (χ4v) is 3.91. The van der Waals surface area contributed by atoms with E-state index in [-0.39, 0.29) is 11.4 Å². The Morgan fingerprint density at radius 1 is 1.06 bits per heavy atom. The number of halogens is 3. The number of aryl methyl sites for hydroxylation is 1. The summed E-state index contributed by atoms with van der Waals surface area (Å²) in [7, 11) is 5.90. The van der Waals surface area contributed by atoms with Crippen LogP contribution in [-0.4, -0.2) is 39.2 Å². The van der Waals surface area contributed by atoms with Crippen molar-refractivity contribution in [1.82, 2.24) is 24.8 Å². The van der Waals surface area contributed by atoms with E-state index in [9.17, 15) is 13.2 Å². The standard InChI is InChI=1S/C21H17BF3N7/c1-10-11(2)20(30-32-19(10)28-29-21(32)22)31-4-3-16-12(9-31)5-14(8-26-16)27-17-7-13(23)6-15(24)18(17)25/h5-8,27H,3-4,9H2,1-2H3. The Morgan fingerprint density at radius 3 is 2.69 bits per heavy atom. The summed E-state index contributed by atoms with van der Waals surface area (Å²) in [4.78, 5) is 6.54. The minimum Gasteiger partial charge on any atom is -0.352 e. The van der Waals surface area contributed by atoms with E-state index in [1.54, 1.807) is 6.07 Å². The van der Waals surface area contributed by atoms with Crippen LogP contribution in [0.25, 0.3) is 5.65 Å². The number of hydrogen-bond acceptors (Lipinski definition) is 6. The third-order valence-electron chi connectivity index (χ3n) is 5.70. The number of anilines is 3. The van der Waals surface area contributed by atoms with Crippen molar-refractivity contribution in [2.75, 3.05) is 16.8 Å². The molecule has 0 amide bonds. The second-order valence-corrected chi connectivity index (χ2v) is 7.74. The molecule has 0 atom stereocenters. The van der Waals surface area contributed by atoms with Crippen molar-refractivity contribution in [1.29, 1.82) is 0 Å². The van der Waals surface area contributed by atoms with Gasteiger partial charge in [-0.15, -0.1) is 15.3 Å². The van der Waals surface area contributed by atoms with Gasteiger partial charge in [0.05, 0.1) is 23.3 Å². The molecule has 5 rings (SSSR count). The maximum Gasteiger partial charge on any atom is 0.182 e. The molecule has 2 radical (unpaired) electrons. The Labute approximate surface area is 182 Å². The Balaban J connectivity index is 1.47. The van der Waals surface area contributed by atoms with Crippen molar-refractivity contribution in [3.05, 3.63) is 64.2 Å². The minimum atomic E-state index is -1.26. The first kappa shape index (κ1) is 20.3. The summed E-state index contributed by atoms with van der Waals surface area (Å²) in [6, 6.07) is 3.20. The third kappa shape index (κ3) is 3.33. The molecule has 0 saturated carbocycles. The molecule has 3 aromatic heterocycles. The molecule has 0 aliphatic carbocycles. The number of fused-ring (bicyclic) bond motifs is 2. The molecule has 32 heavy (non-hydrogen) atoms. The molecule has 0 bridgehead atoms. The van der Waals surface area contributed by atoms with Gasteiger partial charge in [-0.1, -0.05) is 0 Å². The molecule has 4 aromatic rings. The number of rotatable bonds is 3. The van der Waals surface area contributed by atoms with E-state index >= 15 is 0 Å². The van der Waals surface area contributed by atoms with Crippen LogP contribution in [0.1, 0.15) is 22.4 Å². The lowest BCUT2D eigenvalue weighted by atomic mass is 10.0. The molecule has 1 aliphatic rings. The molecule has 11 heteroatoms. The van der Waals surface area contributed by atoms with Crippen molar-refractivity contribution < 1.29 is 13.2 Å². The average Bonchev–Trinajstić information content (AvgIpc) is 3.14. The zero-order valence-electron chi connectivity index (χ0n) is 17.3. The molecule has 0 spiro atoms. The van der Waals surface area contributed by atoms with E-state index in [2.05, 4.69) is 30.5 Å². The Hall–Kier alpha value is -3.63. The molecule has 1 aromatic carbocycles. The van der Waals surface area contributed by atoms with Gasteiger partial charge in [-0.25, -0.2) is 17.7 Å². The number of nitrogens with zero attached hydrogens (tertiary/aromatic N) is 6. The molecule has 0 fully saturated rings. The van der Waals surface area contributed by atoms with E-state index < -0.39 is 17.5 Å². The van der Waals surface area contributed by atoms with Crippen LogP contribution < -0.4 is 15.9 Å². The second kappa shape index (κ2) is 7.50. The number of aromatic nitrogens is 5. The summed E-state index contributed by atoms with van der Waals surface area (Å²) in [5.41, 5.74) is 4.64. The quantitative estimate of drug-likeness (QED) is 0.394. The highest BCUT2D eigenvalue weighted by molar-refractivity contribution is 6.29. The van der Waals surface area contributed by atoms with E-state index in [1.807, 2.05) is 13.8 Å². The molecule has 160 valence electrons. The van der Waals surface area contributed by atoms with Gasteiger partial charge >= 0.3 is 0 Å². The summed E-state index contributed by atoms with van der Waals surface area (Å²) in [5, 5.41) is 15.3. The Kier molecular flexibility index (Phi) is 4.76. The SMILES string of the molecule is [B]c1nnc2c(C)c(C)c(N3CCc4ncc(Nc5cc(F)cc(F)c5F)cc4C3)nn12. The van der Waals surface area contributed by atoms with E-state index in [0.717, 1.165) is 34.3 Å². The topological polar surface area (TPSA) is 71.2 Å². The van der Waals surface area contributed by atoms with Gasteiger partial charge in [-0.2, -0.15) is 0 Å². The Bertz CT molecular complexity index is 1370. The highest BCUT2D eigenvalue weighted by atomic mass is 19.2. The van der Waals surface area contributed by atoms with Crippen molar-refractivity contribution in [2.45, 2.75) is 26.8 Å². The van der Waals surface area contributed by atoms with Gasteiger partial charge in [-0.3, -0.25) is 4.98 Å². The lowest BCUT2D eigenvalue weighted by Gasteiger charge is -2.31. The molecule has 7 nitrogen and oxygen atoms in total. The van der Waals surface area contributed by atoms with Gasteiger partial charge < -0.3 is 10.2 Å². The maximum absolute atomic E-state index is 14.0. The molecular formula is C21H17BF3N7. The summed E-state index contributed by atoms with van der Waals surface area (Å²) < 4.78 is 42.6. The Morgan fingerprint density at radius 2 is 1.88 bits per heavy atom. The van der Waals surface area contributed by atoms with Crippen LogP contribution in [0.3, 0.4) is 0 Å². The van der Waals surface area contributed by atoms with Gasteiger partial charge in [0.25, 0.3) is 0 Å². The molecule has 4 heterocycles. The first-order valence-electron chi connectivity index (χ1n) is 9.94. The molecule has 0 saturated heterocycles. The second-order valence-electron chi connectivity index (χ2n) is 7.74. The molecule has 1 N–H and O–H groups in total. The van der Waals surface area contributed by atoms with Gasteiger partial charge in [0, 0.05) is 48.5 Å². The van der Waals surface area contributed by atoms with Crippen LogP contribution in [0.4, 0.5) is 30.4 Å². The van der Waals surface area contributed by atoms with Crippen molar-refractivity contribution >= 4 is 36.4 Å². The smallest absolute Gasteiger partial charge is 0.182 e. The first-order valence-corrected chi connectivity index (χ1v) is 9.94. The van der Waals surface area contributed by atoms with E-state index in [1.165, 1.54) is 10.7 Å². The number of benzene rings is 1. The fraction of sp³-hybridized carbons (Fsp3) is 0.238. The number of nitrogens with one attached hydrogen (secondary N) is 1. The van der Waals surface area contributed by atoms with E-state index in [4.69, 9.17) is 7.85 Å². The van der Waals surface area contributed by atoms with Crippen LogP contribution in [0, 0.1) is 31.3 Å². The highest BCUT2D eigenvalue weighted by Crippen LogP contribution is 2.29.